The van der Waals surface area contributed by atoms with Crippen molar-refractivity contribution in [2.24, 2.45) is 0 Å². The number of rotatable bonds is 1. The quantitative estimate of drug-likeness (QED) is 0.118. The molecule has 4 N–H and O–H groups in total. The first-order valence-corrected chi connectivity index (χ1v) is 15.4. The highest BCUT2D eigenvalue weighted by Crippen LogP contribution is 2.42. The Balaban J connectivity index is 1.47. The summed E-state index contributed by atoms with van der Waals surface area (Å²) >= 11 is 0. The largest absolute Gasteiger partial charge is 0.361 e. The Morgan fingerprint density at radius 2 is 0.841 bits per heavy atom. The van der Waals surface area contributed by atoms with Crippen LogP contribution < -0.4 is 0 Å². The van der Waals surface area contributed by atoms with Gasteiger partial charge in [-0.1, -0.05) is 24.3 Å². The average molecular weight is 585 g/mol. The molecule has 44 heavy (non-hydrogen) atoms. The molecule has 5 heterocycles. The summed E-state index contributed by atoms with van der Waals surface area (Å²) in [5.74, 6) is -0.444. The molecule has 0 fully saturated rings. The highest BCUT2D eigenvalue weighted by atomic mass is 16.2. The number of allylic oxidation sites excluding steroid dienone is 1. The van der Waals surface area contributed by atoms with Crippen LogP contribution in [0.4, 0.5) is 0 Å². The smallest absolute Gasteiger partial charge is 0.197 e. The normalized spacial score (nSPS) is 19.2. The fraction of sp³-hybridized carbons (Fsp3) is 0.316. The zero-order valence-corrected chi connectivity index (χ0v) is 26.7. The summed E-state index contributed by atoms with van der Waals surface area (Å²) in [5.41, 5.74) is 9.02. The zero-order chi connectivity index (χ0) is 31.4. The van der Waals surface area contributed by atoms with Gasteiger partial charge in [-0.15, -0.1) is 0 Å². The molecule has 4 aromatic heterocycles. The number of Topliss-reactive ketones (excluding diaryl/α,β-unsaturated/α-hetero) is 2. The molecule has 7 rings (SSSR count). The van der Waals surface area contributed by atoms with Crippen LogP contribution in [0.25, 0.3) is 6.08 Å². The number of ketones is 2. The van der Waals surface area contributed by atoms with Crippen LogP contribution in [0.2, 0.25) is 0 Å². The minimum atomic E-state index is -0.506. The van der Waals surface area contributed by atoms with Gasteiger partial charge in [0.25, 0.3) is 0 Å². The molecule has 1 aromatic carbocycles. The third kappa shape index (κ3) is 3.86. The molecule has 0 unspecified atom stereocenters. The number of fused-ring (bicyclic) bond motifs is 9. The van der Waals surface area contributed by atoms with Crippen LogP contribution in [-0.4, -0.2) is 31.5 Å². The van der Waals surface area contributed by atoms with Gasteiger partial charge in [0.15, 0.2) is 11.6 Å². The van der Waals surface area contributed by atoms with E-state index in [1.165, 1.54) is 0 Å². The van der Waals surface area contributed by atoms with Crippen LogP contribution in [0.1, 0.15) is 127 Å². The van der Waals surface area contributed by atoms with Crippen LogP contribution in [0.3, 0.4) is 0 Å². The Morgan fingerprint density at radius 1 is 0.477 bits per heavy atom. The number of hydrogen-bond donors (Lipinski definition) is 4. The van der Waals surface area contributed by atoms with E-state index < -0.39 is 10.8 Å². The maximum absolute atomic E-state index is 13.5. The maximum Gasteiger partial charge on any atom is 0.197 e. The van der Waals surface area contributed by atoms with Gasteiger partial charge >= 0.3 is 0 Å². The highest BCUT2D eigenvalue weighted by molar-refractivity contribution is 6.41. The molecule has 0 radical (unpaired) electrons. The fourth-order valence-electron chi connectivity index (χ4n) is 6.94. The Labute approximate surface area is 258 Å². The molecule has 2 aliphatic rings. The SMILES string of the molecule is CC1(C)c2ccc([nH]2)C(C)(C)c2ccc([nH]2)C(C)(C)c2[nH]c(cc2C=C2C(=O)c3ccccc3C2=O)C(C)(C)c2ccc1[nH]2. The molecular weight excluding hydrogens is 544 g/mol. The van der Waals surface area contributed by atoms with Crippen molar-refractivity contribution in [1.82, 2.24) is 19.9 Å². The number of hydrogen-bond acceptors (Lipinski definition) is 2. The molecule has 1 aliphatic heterocycles. The summed E-state index contributed by atoms with van der Waals surface area (Å²) in [7, 11) is 0. The number of carbonyl (C=O) groups is 2. The van der Waals surface area contributed by atoms with E-state index in [-0.39, 0.29) is 28.0 Å². The zero-order valence-electron chi connectivity index (χ0n) is 26.7. The second-order valence-electron chi connectivity index (χ2n) is 14.6. The first-order valence-electron chi connectivity index (χ1n) is 15.4. The van der Waals surface area contributed by atoms with Gasteiger partial charge in [-0.2, -0.15) is 0 Å². The fourth-order valence-corrected chi connectivity index (χ4v) is 6.94. The van der Waals surface area contributed by atoms with Crippen LogP contribution in [0.15, 0.2) is 72.3 Å². The van der Waals surface area contributed by atoms with E-state index in [0.29, 0.717) is 11.1 Å². The van der Waals surface area contributed by atoms with Crippen molar-refractivity contribution < 1.29 is 9.59 Å². The molecule has 0 spiro atoms. The predicted octanol–water partition coefficient (Wildman–Crippen LogP) is 8.08. The minimum Gasteiger partial charge on any atom is -0.361 e. The molecule has 224 valence electrons. The van der Waals surface area contributed by atoms with Gasteiger partial charge in [0.2, 0.25) is 0 Å². The van der Waals surface area contributed by atoms with Gasteiger partial charge in [0, 0.05) is 78.3 Å². The van der Waals surface area contributed by atoms with E-state index in [1.54, 1.807) is 30.3 Å². The predicted molar refractivity (Wildman–Crippen MR) is 175 cm³/mol. The molecular formula is C38H40N4O2. The summed E-state index contributed by atoms with van der Waals surface area (Å²) in [5, 5.41) is 0. The van der Waals surface area contributed by atoms with E-state index in [4.69, 9.17) is 0 Å². The van der Waals surface area contributed by atoms with Gasteiger partial charge < -0.3 is 19.9 Å². The van der Waals surface area contributed by atoms with Gasteiger partial charge in [0.1, 0.15) is 0 Å². The maximum atomic E-state index is 13.5. The molecule has 0 saturated carbocycles. The Bertz CT molecular complexity index is 1980. The first-order chi connectivity index (χ1) is 20.6. The van der Waals surface area contributed by atoms with Crippen molar-refractivity contribution in [3.8, 4) is 0 Å². The topological polar surface area (TPSA) is 97.3 Å². The van der Waals surface area contributed by atoms with E-state index in [1.807, 2.05) is 0 Å². The summed E-state index contributed by atoms with van der Waals surface area (Å²) in [6.07, 6.45) is 1.79. The number of nitrogens with one attached hydrogen (secondary N) is 4. The van der Waals surface area contributed by atoms with Crippen molar-refractivity contribution in [2.45, 2.75) is 77.0 Å². The lowest BCUT2D eigenvalue weighted by molar-refractivity contribution is 0.0990. The first kappa shape index (κ1) is 28.2. The molecule has 6 heteroatoms. The number of carbonyl (C=O) groups excluding carboxylic acids is 2. The van der Waals surface area contributed by atoms with Crippen molar-refractivity contribution >= 4 is 17.6 Å². The second kappa shape index (κ2) is 8.98. The lowest BCUT2D eigenvalue weighted by atomic mass is 9.83. The highest BCUT2D eigenvalue weighted by Gasteiger charge is 2.39. The van der Waals surface area contributed by atoms with Crippen molar-refractivity contribution in [1.29, 1.82) is 0 Å². The van der Waals surface area contributed by atoms with Gasteiger partial charge in [-0.25, -0.2) is 0 Å². The van der Waals surface area contributed by atoms with Crippen LogP contribution in [0.5, 0.6) is 0 Å². The molecule has 0 saturated heterocycles. The van der Waals surface area contributed by atoms with E-state index >= 15 is 0 Å². The number of aromatic nitrogens is 4. The van der Waals surface area contributed by atoms with E-state index in [0.717, 1.165) is 51.1 Å². The van der Waals surface area contributed by atoms with Crippen molar-refractivity contribution in [2.75, 3.05) is 0 Å². The van der Waals surface area contributed by atoms with Gasteiger partial charge in [0.05, 0.1) is 5.57 Å². The van der Waals surface area contributed by atoms with Crippen LogP contribution >= 0.6 is 0 Å². The van der Waals surface area contributed by atoms with Crippen molar-refractivity contribution in [3.05, 3.63) is 135 Å². The average Bonchev–Trinajstić information content (AvgIpc) is 3.81. The summed E-state index contributed by atoms with van der Waals surface area (Å²) in [4.78, 5) is 42.0. The Kier molecular flexibility index (Phi) is 5.75. The molecule has 0 amide bonds. The van der Waals surface area contributed by atoms with Gasteiger partial charge in [-0.3, -0.25) is 9.59 Å². The third-order valence-electron chi connectivity index (χ3n) is 10.5. The minimum absolute atomic E-state index is 0.206. The van der Waals surface area contributed by atoms with Gasteiger partial charge in [-0.05, 0) is 109 Å². The molecule has 8 bridgehead atoms. The Hall–Kier alpha value is -4.58. The van der Waals surface area contributed by atoms with E-state index in [2.05, 4.69) is 118 Å². The third-order valence-corrected chi connectivity index (χ3v) is 10.5. The second-order valence-corrected chi connectivity index (χ2v) is 14.6. The van der Waals surface area contributed by atoms with E-state index in [9.17, 15) is 9.59 Å². The summed E-state index contributed by atoms with van der Waals surface area (Å²) < 4.78 is 0. The molecule has 0 atom stereocenters. The summed E-state index contributed by atoms with van der Waals surface area (Å²) in [6, 6.07) is 22.3. The number of benzene rings is 1. The summed E-state index contributed by atoms with van der Waals surface area (Å²) in [6.45, 7) is 17.7. The lowest BCUT2D eigenvalue weighted by Crippen LogP contribution is -2.26. The Morgan fingerprint density at radius 3 is 1.25 bits per heavy atom. The lowest BCUT2D eigenvalue weighted by Gasteiger charge is -2.28. The molecule has 6 nitrogen and oxygen atoms in total. The monoisotopic (exact) mass is 584 g/mol. The van der Waals surface area contributed by atoms with Crippen molar-refractivity contribution in [3.63, 3.8) is 0 Å². The standard InChI is InChI=1S/C38H40N4O2/c1-35(2)25-13-14-26(39-25)36(3,4)28-17-18-30(41-28)38(7,8)34-21(19-24-32(43)22-11-9-10-12-23(22)33(24)44)20-31(42-34)37(5,6)29-16-15-27(35)40-29/h9-20,39-42H,1-8H3. The van der Waals surface area contributed by atoms with Crippen LogP contribution in [-0.2, 0) is 21.7 Å². The molecule has 5 aromatic rings. The number of H-pyrrole nitrogens is 4. The number of aromatic amines is 4. The molecule has 1 aliphatic carbocycles. The van der Waals surface area contributed by atoms with Crippen LogP contribution in [0, 0.1) is 0 Å².